The molecule has 0 radical (unpaired) electrons. The number of rotatable bonds is 4. The summed E-state index contributed by atoms with van der Waals surface area (Å²) in [5, 5.41) is 4.39. The second kappa shape index (κ2) is 6.72. The molecule has 0 aliphatic heterocycles. The Kier molecular flexibility index (Phi) is 4.26. The van der Waals surface area contributed by atoms with Crippen LogP contribution in [0.25, 0.3) is 22.4 Å². The Morgan fingerprint density at radius 3 is 2.69 bits per heavy atom. The first-order chi connectivity index (χ1) is 12.6. The average Bonchev–Trinajstić information content (AvgIpc) is 3.17. The van der Waals surface area contributed by atoms with Crippen LogP contribution in [-0.2, 0) is 0 Å². The number of aromatic nitrogens is 3. The third kappa shape index (κ3) is 3.11. The van der Waals surface area contributed by atoms with E-state index in [1.165, 1.54) is 15.9 Å². The van der Waals surface area contributed by atoms with Crippen molar-refractivity contribution in [3.63, 3.8) is 0 Å². The van der Waals surface area contributed by atoms with E-state index in [0.717, 1.165) is 22.4 Å². The van der Waals surface area contributed by atoms with E-state index in [9.17, 15) is 4.79 Å². The van der Waals surface area contributed by atoms with Crippen molar-refractivity contribution >= 4 is 22.4 Å². The fourth-order valence-corrected chi connectivity index (χ4v) is 3.63. The zero-order chi connectivity index (χ0) is 18.1. The normalized spacial score (nSPS) is 12.0. The second-order valence-electron chi connectivity index (χ2n) is 5.92. The molecule has 0 saturated carbocycles. The highest BCUT2D eigenvalue weighted by Gasteiger charge is 2.12. The molecule has 0 fully saturated rings. The van der Waals surface area contributed by atoms with E-state index in [1.54, 1.807) is 0 Å². The molecule has 0 unspecified atom stereocenters. The lowest BCUT2D eigenvalue weighted by Crippen LogP contribution is -2.23. The predicted molar refractivity (Wildman–Crippen MR) is 104 cm³/mol. The van der Waals surface area contributed by atoms with E-state index in [0.29, 0.717) is 21.9 Å². The van der Waals surface area contributed by atoms with Gasteiger partial charge in [0.05, 0.1) is 11.1 Å². The van der Waals surface area contributed by atoms with Gasteiger partial charge < -0.3 is 4.74 Å². The van der Waals surface area contributed by atoms with Crippen LogP contribution in [0, 0.1) is 6.92 Å². The van der Waals surface area contributed by atoms with E-state index in [4.69, 9.17) is 4.74 Å². The van der Waals surface area contributed by atoms with Gasteiger partial charge in [0, 0.05) is 5.56 Å². The third-order valence-electron chi connectivity index (χ3n) is 3.95. The largest absolute Gasteiger partial charge is 0.494 e. The van der Waals surface area contributed by atoms with Gasteiger partial charge in [-0.2, -0.15) is 9.50 Å². The summed E-state index contributed by atoms with van der Waals surface area (Å²) in [5.41, 5.74) is 2.84. The SMILES string of the molecule is CCOc1ccc(/C=c2\sc3nc(-c4cccc(C)c4)nn3c2=O)cc1. The number of thiazole rings is 1. The molecule has 2 aromatic heterocycles. The van der Waals surface area contributed by atoms with Crippen molar-refractivity contribution < 1.29 is 4.74 Å². The molecule has 6 heteroatoms. The molecule has 0 aliphatic rings. The van der Waals surface area contributed by atoms with Gasteiger partial charge in [0.15, 0.2) is 5.82 Å². The Hall–Kier alpha value is -2.99. The van der Waals surface area contributed by atoms with E-state index in [2.05, 4.69) is 10.1 Å². The van der Waals surface area contributed by atoms with Gasteiger partial charge in [0.1, 0.15) is 5.75 Å². The van der Waals surface area contributed by atoms with Gasteiger partial charge in [-0.25, -0.2) is 0 Å². The van der Waals surface area contributed by atoms with Crippen LogP contribution >= 0.6 is 11.3 Å². The highest BCUT2D eigenvalue weighted by Crippen LogP contribution is 2.18. The second-order valence-corrected chi connectivity index (χ2v) is 6.93. The number of nitrogens with zero attached hydrogens (tertiary/aromatic N) is 3. The summed E-state index contributed by atoms with van der Waals surface area (Å²) in [4.78, 5) is 17.7. The molecule has 5 nitrogen and oxygen atoms in total. The molecule has 0 aliphatic carbocycles. The van der Waals surface area contributed by atoms with Gasteiger partial charge in [-0.3, -0.25) is 4.79 Å². The van der Waals surface area contributed by atoms with Gasteiger partial charge >= 0.3 is 0 Å². The molecular formula is C20H17N3O2S. The molecule has 0 N–H and O–H groups in total. The number of fused-ring (bicyclic) bond motifs is 1. The monoisotopic (exact) mass is 363 g/mol. The van der Waals surface area contributed by atoms with E-state index in [1.807, 2.05) is 68.5 Å². The van der Waals surface area contributed by atoms with Gasteiger partial charge in [0.25, 0.3) is 5.56 Å². The summed E-state index contributed by atoms with van der Waals surface area (Å²) < 4.78 is 7.43. The molecule has 0 bridgehead atoms. The molecule has 0 saturated heterocycles. The molecule has 4 rings (SSSR count). The lowest BCUT2D eigenvalue weighted by molar-refractivity contribution is 0.340. The maximum absolute atomic E-state index is 12.6. The minimum atomic E-state index is -0.148. The highest BCUT2D eigenvalue weighted by molar-refractivity contribution is 7.15. The van der Waals surface area contributed by atoms with E-state index >= 15 is 0 Å². The number of ether oxygens (including phenoxy) is 1. The third-order valence-corrected chi connectivity index (χ3v) is 4.91. The maximum Gasteiger partial charge on any atom is 0.291 e. The number of aryl methyl sites for hydroxylation is 1. The lowest BCUT2D eigenvalue weighted by atomic mass is 10.1. The Morgan fingerprint density at radius 2 is 2.00 bits per heavy atom. The predicted octanol–water partition coefficient (Wildman–Crippen LogP) is 3.07. The summed E-state index contributed by atoms with van der Waals surface area (Å²) in [6.07, 6.45) is 1.85. The van der Waals surface area contributed by atoms with Crippen molar-refractivity contribution in [3.8, 4) is 17.1 Å². The van der Waals surface area contributed by atoms with Crippen LogP contribution < -0.4 is 14.8 Å². The van der Waals surface area contributed by atoms with Crippen LogP contribution in [0.5, 0.6) is 5.75 Å². The molecule has 4 aromatic rings. The topological polar surface area (TPSA) is 56.5 Å². The molecular weight excluding hydrogens is 346 g/mol. The van der Waals surface area contributed by atoms with Crippen LogP contribution in [0.2, 0.25) is 0 Å². The highest BCUT2D eigenvalue weighted by atomic mass is 32.1. The average molecular weight is 363 g/mol. The minimum absolute atomic E-state index is 0.148. The number of hydrogen-bond acceptors (Lipinski definition) is 5. The van der Waals surface area contributed by atoms with Crippen LogP contribution in [0.15, 0.2) is 53.3 Å². The lowest BCUT2D eigenvalue weighted by Gasteiger charge is -2.01. The van der Waals surface area contributed by atoms with E-state index in [-0.39, 0.29) is 5.56 Å². The van der Waals surface area contributed by atoms with Crippen LogP contribution in [0.3, 0.4) is 0 Å². The van der Waals surface area contributed by atoms with Crippen LogP contribution in [-0.4, -0.2) is 21.2 Å². The Morgan fingerprint density at radius 1 is 1.19 bits per heavy atom. The first-order valence-corrected chi connectivity index (χ1v) is 9.17. The van der Waals surface area contributed by atoms with Crippen molar-refractivity contribution in [2.24, 2.45) is 0 Å². The molecule has 130 valence electrons. The summed E-state index contributed by atoms with van der Waals surface area (Å²) >= 11 is 1.34. The molecule has 0 spiro atoms. The fourth-order valence-electron chi connectivity index (χ4n) is 2.72. The van der Waals surface area contributed by atoms with Crippen molar-refractivity contribution in [1.82, 2.24) is 14.6 Å². The zero-order valence-electron chi connectivity index (χ0n) is 14.5. The van der Waals surface area contributed by atoms with Crippen molar-refractivity contribution in [2.45, 2.75) is 13.8 Å². The Bertz CT molecular complexity index is 1180. The van der Waals surface area contributed by atoms with Crippen LogP contribution in [0.1, 0.15) is 18.1 Å². The maximum atomic E-state index is 12.6. The Labute approximate surface area is 154 Å². The first-order valence-electron chi connectivity index (χ1n) is 8.35. The van der Waals surface area contributed by atoms with E-state index < -0.39 is 0 Å². The zero-order valence-corrected chi connectivity index (χ0v) is 15.3. The van der Waals surface area contributed by atoms with Gasteiger partial charge in [-0.1, -0.05) is 47.2 Å². The van der Waals surface area contributed by atoms with Gasteiger partial charge in [-0.15, -0.1) is 5.10 Å². The smallest absolute Gasteiger partial charge is 0.291 e. The van der Waals surface area contributed by atoms with Crippen molar-refractivity contribution in [1.29, 1.82) is 0 Å². The molecule has 2 heterocycles. The van der Waals surface area contributed by atoms with Crippen molar-refractivity contribution in [3.05, 3.63) is 74.5 Å². The standard InChI is InChI=1S/C20H17N3O2S/c1-3-25-16-9-7-14(8-10-16)12-17-19(24)23-20(26-17)21-18(22-23)15-6-4-5-13(2)11-15/h4-12H,3H2,1-2H3/b17-12-. The summed E-state index contributed by atoms with van der Waals surface area (Å²) in [6.45, 7) is 4.60. The quantitative estimate of drug-likeness (QED) is 0.559. The van der Waals surface area contributed by atoms with Crippen molar-refractivity contribution in [2.75, 3.05) is 6.61 Å². The summed E-state index contributed by atoms with van der Waals surface area (Å²) in [7, 11) is 0. The summed E-state index contributed by atoms with van der Waals surface area (Å²) in [6, 6.07) is 15.6. The van der Waals surface area contributed by atoms with Crippen LogP contribution in [0.4, 0.5) is 0 Å². The summed E-state index contributed by atoms with van der Waals surface area (Å²) in [5.74, 6) is 1.39. The molecule has 26 heavy (non-hydrogen) atoms. The van der Waals surface area contributed by atoms with Gasteiger partial charge in [0.2, 0.25) is 4.96 Å². The van der Waals surface area contributed by atoms with Gasteiger partial charge in [-0.05, 0) is 43.7 Å². The fraction of sp³-hybridized carbons (Fsp3) is 0.150. The molecule has 0 amide bonds. The molecule has 0 atom stereocenters. The number of benzene rings is 2. The number of hydrogen-bond donors (Lipinski definition) is 0. The molecule has 2 aromatic carbocycles. The Balaban J connectivity index is 1.72. The first kappa shape index (κ1) is 16.5. The minimum Gasteiger partial charge on any atom is -0.494 e.